The van der Waals surface area contributed by atoms with E-state index in [-0.39, 0.29) is 30.5 Å². The summed E-state index contributed by atoms with van der Waals surface area (Å²) in [7, 11) is 0. The molecule has 164 valence electrons. The fourth-order valence-electron chi connectivity index (χ4n) is 3.09. The van der Waals surface area contributed by atoms with Crippen LogP contribution in [0, 0.1) is 12.7 Å². The first-order chi connectivity index (χ1) is 15.4. The van der Waals surface area contributed by atoms with E-state index in [4.69, 9.17) is 9.05 Å². The minimum Gasteiger partial charge on any atom is -0.339 e. The number of carbonyl (C=O) groups excluding carboxylic acids is 1. The molecule has 9 heteroatoms. The average Bonchev–Trinajstić information content (AvgIpc) is 3.44. The first kappa shape index (κ1) is 21.4. The molecule has 32 heavy (non-hydrogen) atoms. The van der Waals surface area contributed by atoms with Gasteiger partial charge in [-0.2, -0.15) is 9.97 Å². The van der Waals surface area contributed by atoms with Crippen molar-refractivity contribution in [3.05, 3.63) is 65.6 Å². The minimum absolute atomic E-state index is 0.129. The first-order valence-electron chi connectivity index (χ1n) is 10.2. The number of aromatic nitrogens is 4. The molecule has 8 nitrogen and oxygen atoms in total. The van der Waals surface area contributed by atoms with Crippen LogP contribution < -0.4 is 5.32 Å². The van der Waals surface area contributed by atoms with E-state index in [2.05, 4.69) is 25.6 Å². The van der Waals surface area contributed by atoms with Gasteiger partial charge in [0.05, 0.1) is 11.3 Å². The smallest absolute Gasteiger partial charge is 0.260 e. The number of para-hydroxylation sites is 1. The van der Waals surface area contributed by atoms with E-state index in [1.807, 2.05) is 39.0 Å². The molecule has 1 N–H and O–H groups in total. The van der Waals surface area contributed by atoms with Crippen LogP contribution in [-0.2, 0) is 11.2 Å². The second-order valence-corrected chi connectivity index (χ2v) is 7.68. The predicted molar refractivity (Wildman–Crippen MR) is 115 cm³/mol. The van der Waals surface area contributed by atoms with Gasteiger partial charge in [0.15, 0.2) is 5.82 Å². The van der Waals surface area contributed by atoms with E-state index in [0.29, 0.717) is 40.2 Å². The maximum atomic E-state index is 13.1. The molecule has 0 saturated carbocycles. The third kappa shape index (κ3) is 4.72. The zero-order valence-corrected chi connectivity index (χ0v) is 17.9. The SMILES string of the molecule is Cc1cccc(-c2nc(C(C)C)no2)c1NC(=O)CCc1nc(-c2ccc(F)cc2)no1. The average molecular weight is 435 g/mol. The summed E-state index contributed by atoms with van der Waals surface area (Å²) in [6, 6.07) is 11.4. The van der Waals surface area contributed by atoms with E-state index < -0.39 is 0 Å². The molecule has 0 aliphatic carbocycles. The monoisotopic (exact) mass is 435 g/mol. The summed E-state index contributed by atoms with van der Waals surface area (Å²) in [6.07, 6.45) is 0.402. The second kappa shape index (κ2) is 9.09. The number of nitrogens with zero attached hydrogens (tertiary/aromatic N) is 4. The summed E-state index contributed by atoms with van der Waals surface area (Å²) >= 11 is 0. The van der Waals surface area contributed by atoms with E-state index in [9.17, 15) is 9.18 Å². The third-order valence-corrected chi connectivity index (χ3v) is 4.86. The molecular weight excluding hydrogens is 413 g/mol. The Morgan fingerprint density at radius 3 is 2.56 bits per heavy atom. The molecule has 0 unspecified atom stereocenters. The van der Waals surface area contributed by atoms with Crippen molar-refractivity contribution in [2.24, 2.45) is 0 Å². The van der Waals surface area contributed by atoms with Gasteiger partial charge in [0, 0.05) is 24.3 Å². The molecule has 2 aromatic carbocycles. The van der Waals surface area contributed by atoms with Crippen molar-refractivity contribution in [3.8, 4) is 22.8 Å². The highest BCUT2D eigenvalue weighted by Crippen LogP contribution is 2.30. The number of rotatable bonds is 7. The summed E-state index contributed by atoms with van der Waals surface area (Å²) < 4.78 is 23.7. The van der Waals surface area contributed by atoms with Gasteiger partial charge in [0.25, 0.3) is 5.89 Å². The maximum absolute atomic E-state index is 13.1. The van der Waals surface area contributed by atoms with Crippen LogP contribution in [0.4, 0.5) is 10.1 Å². The van der Waals surface area contributed by atoms with Crippen LogP contribution in [-0.4, -0.2) is 26.2 Å². The zero-order chi connectivity index (χ0) is 22.7. The summed E-state index contributed by atoms with van der Waals surface area (Å²) in [4.78, 5) is 21.4. The van der Waals surface area contributed by atoms with Gasteiger partial charge in [-0.05, 0) is 42.8 Å². The van der Waals surface area contributed by atoms with E-state index >= 15 is 0 Å². The normalized spacial score (nSPS) is 11.2. The second-order valence-electron chi connectivity index (χ2n) is 7.68. The van der Waals surface area contributed by atoms with Crippen LogP contribution in [0.1, 0.15) is 43.5 Å². The molecule has 0 aliphatic heterocycles. The number of aryl methyl sites for hydroxylation is 2. The van der Waals surface area contributed by atoms with Gasteiger partial charge in [-0.3, -0.25) is 4.79 Å². The highest BCUT2D eigenvalue weighted by Gasteiger charge is 2.18. The standard InChI is InChI=1S/C23H22FN5O3/c1-13(2)21-27-23(32-28-21)17-6-4-5-14(3)20(17)25-18(30)11-12-19-26-22(29-31-19)15-7-9-16(24)10-8-15/h4-10,13H,11-12H2,1-3H3,(H,25,30). The van der Waals surface area contributed by atoms with Crippen molar-refractivity contribution in [1.29, 1.82) is 0 Å². The van der Waals surface area contributed by atoms with E-state index in [1.165, 1.54) is 12.1 Å². The van der Waals surface area contributed by atoms with Crippen LogP contribution in [0.15, 0.2) is 51.5 Å². The molecule has 0 saturated heterocycles. The molecule has 0 spiro atoms. The zero-order valence-electron chi connectivity index (χ0n) is 17.9. The molecule has 0 bridgehead atoms. The molecule has 1 amide bonds. The number of hydrogen-bond acceptors (Lipinski definition) is 7. The Bertz CT molecular complexity index is 1230. The largest absolute Gasteiger partial charge is 0.339 e. The van der Waals surface area contributed by atoms with Crippen LogP contribution >= 0.6 is 0 Å². The number of anilines is 1. The van der Waals surface area contributed by atoms with Gasteiger partial charge in [-0.15, -0.1) is 0 Å². The lowest BCUT2D eigenvalue weighted by Crippen LogP contribution is -2.14. The number of carbonyl (C=O) groups is 1. The highest BCUT2D eigenvalue weighted by atomic mass is 19.1. The van der Waals surface area contributed by atoms with Gasteiger partial charge in [-0.25, -0.2) is 4.39 Å². The van der Waals surface area contributed by atoms with Gasteiger partial charge < -0.3 is 14.4 Å². The summed E-state index contributed by atoms with van der Waals surface area (Å²) in [6.45, 7) is 5.85. The van der Waals surface area contributed by atoms with Crippen molar-refractivity contribution in [1.82, 2.24) is 20.3 Å². The van der Waals surface area contributed by atoms with Gasteiger partial charge in [0.2, 0.25) is 17.6 Å². The summed E-state index contributed by atoms with van der Waals surface area (Å²) in [5, 5.41) is 10.8. The van der Waals surface area contributed by atoms with Crippen molar-refractivity contribution in [2.75, 3.05) is 5.32 Å². The highest BCUT2D eigenvalue weighted by molar-refractivity contribution is 5.95. The van der Waals surface area contributed by atoms with Gasteiger partial charge in [-0.1, -0.05) is 36.3 Å². The quantitative estimate of drug-likeness (QED) is 0.439. The molecular formula is C23H22FN5O3. The van der Waals surface area contributed by atoms with Gasteiger partial charge >= 0.3 is 0 Å². The van der Waals surface area contributed by atoms with E-state index in [0.717, 1.165) is 5.56 Å². The fraction of sp³-hybridized carbons (Fsp3) is 0.261. The molecule has 2 aromatic heterocycles. The maximum Gasteiger partial charge on any atom is 0.260 e. The Morgan fingerprint density at radius 2 is 1.84 bits per heavy atom. The Morgan fingerprint density at radius 1 is 1.06 bits per heavy atom. The predicted octanol–water partition coefficient (Wildman–Crippen LogP) is 4.93. The van der Waals surface area contributed by atoms with Crippen molar-refractivity contribution >= 4 is 11.6 Å². The van der Waals surface area contributed by atoms with Crippen molar-refractivity contribution in [2.45, 2.75) is 39.5 Å². The number of nitrogens with one attached hydrogen (secondary N) is 1. The Labute approximate surface area is 183 Å². The van der Waals surface area contributed by atoms with Crippen molar-refractivity contribution in [3.63, 3.8) is 0 Å². The van der Waals surface area contributed by atoms with Crippen LogP contribution in [0.2, 0.25) is 0 Å². The molecule has 2 heterocycles. The fourth-order valence-corrected chi connectivity index (χ4v) is 3.09. The lowest BCUT2D eigenvalue weighted by atomic mass is 10.1. The molecule has 0 fully saturated rings. The molecule has 4 rings (SSSR count). The Balaban J connectivity index is 1.44. The number of benzene rings is 2. The third-order valence-electron chi connectivity index (χ3n) is 4.86. The number of halogens is 1. The van der Waals surface area contributed by atoms with Crippen molar-refractivity contribution < 1.29 is 18.2 Å². The lowest BCUT2D eigenvalue weighted by Gasteiger charge is -2.11. The minimum atomic E-state index is -0.342. The molecule has 4 aromatic rings. The summed E-state index contributed by atoms with van der Waals surface area (Å²) in [5.41, 5.74) is 2.79. The molecule has 0 atom stereocenters. The first-order valence-corrected chi connectivity index (χ1v) is 10.2. The van der Waals surface area contributed by atoms with E-state index in [1.54, 1.807) is 12.1 Å². The van der Waals surface area contributed by atoms with Crippen LogP contribution in [0.3, 0.4) is 0 Å². The topological polar surface area (TPSA) is 107 Å². The Hall–Kier alpha value is -3.88. The lowest BCUT2D eigenvalue weighted by molar-refractivity contribution is -0.116. The van der Waals surface area contributed by atoms with Crippen LogP contribution in [0.5, 0.6) is 0 Å². The Kier molecular flexibility index (Phi) is 6.07. The summed E-state index contributed by atoms with van der Waals surface area (Å²) in [5.74, 6) is 1.20. The van der Waals surface area contributed by atoms with Gasteiger partial charge in [0.1, 0.15) is 5.82 Å². The molecule has 0 aliphatic rings. The number of hydrogen-bond donors (Lipinski definition) is 1. The number of amides is 1. The molecule has 0 radical (unpaired) electrons. The van der Waals surface area contributed by atoms with Crippen LogP contribution in [0.25, 0.3) is 22.8 Å².